The average molecular weight is 559 g/mol. The standard InChI is InChI=1S/C30H27BrN2O4/c31-24-14-16-25(17-15-24)36-20-28(35)37-19-27(34)33-30(22-10-5-2-6-11-22)26-13-7-12-23(29(26)32-33)18-21-8-3-1-4-9-21/h1-6,8-11,14-18,26,30H,7,12-13,19-20H2. The SMILES string of the molecule is O=C(COc1ccc(Br)cc1)OCC(=O)N1N=C2C(=Cc3ccccc3)CCCC2C1c1ccccc1. The number of nitrogens with zero attached hydrogens (tertiary/aromatic N) is 2. The lowest BCUT2D eigenvalue weighted by Gasteiger charge is -2.29. The highest BCUT2D eigenvalue weighted by atomic mass is 79.9. The number of benzene rings is 3. The van der Waals surface area contributed by atoms with E-state index in [1.165, 1.54) is 5.01 Å². The van der Waals surface area contributed by atoms with Gasteiger partial charge in [-0.05, 0) is 66.3 Å². The molecule has 1 saturated carbocycles. The molecule has 7 heteroatoms. The molecule has 1 amide bonds. The van der Waals surface area contributed by atoms with Gasteiger partial charge in [0, 0.05) is 10.4 Å². The maximum absolute atomic E-state index is 13.3. The topological polar surface area (TPSA) is 68.2 Å². The highest BCUT2D eigenvalue weighted by molar-refractivity contribution is 9.10. The Hall–Kier alpha value is -3.71. The molecular formula is C30H27BrN2O4. The summed E-state index contributed by atoms with van der Waals surface area (Å²) in [5.74, 6) is -0.330. The molecule has 1 heterocycles. The third-order valence-corrected chi connectivity index (χ3v) is 7.09. The summed E-state index contributed by atoms with van der Waals surface area (Å²) in [6.07, 6.45) is 5.04. The first-order valence-electron chi connectivity index (χ1n) is 12.3. The lowest BCUT2D eigenvalue weighted by Crippen LogP contribution is -2.35. The molecule has 188 valence electrons. The molecule has 2 atom stereocenters. The van der Waals surface area contributed by atoms with Crippen LogP contribution in [0.4, 0.5) is 0 Å². The average Bonchev–Trinajstić information content (AvgIpc) is 3.33. The van der Waals surface area contributed by atoms with Crippen molar-refractivity contribution in [2.75, 3.05) is 13.2 Å². The van der Waals surface area contributed by atoms with Gasteiger partial charge in [0.15, 0.2) is 13.2 Å². The van der Waals surface area contributed by atoms with Crippen LogP contribution in [0.25, 0.3) is 6.08 Å². The van der Waals surface area contributed by atoms with Gasteiger partial charge in [0.05, 0.1) is 11.8 Å². The van der Waals surface area contributed by atoms with Crippen LogP contribution in [0, 0.1) is 5.92 Å². The van der Waals surface area contributed by atoms with Gasteiger partial charge in [-0.1, -0.05) is 76.6 Å². The summed E-state index contributed by atoms with van der Waals surface area (Å²) in [6.45, 7) is -0.675. The van der Waals surface area contributed by atoms with Crippen molar-refractivity contribution >= 4 is 39.6 Å². The second kappa shape index (κ2) is 11.6. The van der Waals surface area contributed by atoms with Gasteiger partial charge in [0.2, 0.25) is 0 Å². The molecule has 1 aliphatic heterocycles. The van der Waals surface area contributed by atoms with Gasteiger partial charge < -0.3 is 9.47 Å². The summed E-state index contributed by atoms with van der Waals surface area (Å²) >= 11 is 3.36. The first-order chi connectivity index (χ1) is 18.1. The number of allylic oxidation sites excluding steroid dienone is 1. The molecule has 37 heavy (non-hydrogen) atoms. The predicted octanol–water partition coefficient (Wildman–Crippen LogP) is 6.19. The highest BCUT2D eigenvalue weighted by Gasteiger charge is 2.43. The maximum atomic E-state index is 13.3. The van der Waals surface area contributed by atoms with Crippen LogP contribution in [-0.4, -0.2) is 35.8 Å². The lowest BCUT2D eigenvalue weighted by molar-refractivity contribution is -0.154. The molecule has 0 radical (unpaired) electrons. The van der Waals surface area contributed by atoms with E-state index in [2.05, 4.69) is 34.1 Å². The smallest absolute Gasteiger partial charge is 0.344 e. The number of hydrogen-bond acceptors (Lipinski definition) is 5. The fourth-order valence-corrected chi connectivity index (χ4v) is 5.13. The summed E-state index contributed by atoms with van der Waals surface area (Å²) in [5.41, 5.74) is 4.23. The summed E-state index contributed by atoms with van der Waals surface area (Å²) < 4.78 is 11.6. The molecule has 0 saturated heterocycles. The van der Waals surface area contributed by atoms with E-state index in [-0.39, 0.29) is 24.5 Å². The molecular weight excluding hydrogens is 532 g/mol. The number of halogens is 1. The number of hydrazone groups is 1. The van der Waals surface area contributed by atoms with E-state index < -0.39 is 12.6 Å². The Morgan fingerprint density at radius 2 is 1.65 bits per heavy atom. The molecule has 2 aliphatic rings. The highest BCUT2D eigenvalue weighted by Crippen LogP contribution is 2.44. The van der Waals surface area contributed by atoms with Gasteiger partial charge in [-0.25, -0.2) is 9.80 Å². The molecule has 3 aromatic carbocycles. The zero-order valence-electron chi connectivity index (χ0n) is 20.3. The van der Waals surface area contributed by atoms with Crippen LogP contribution in [0.1, 0.15) is 36.4 Å². The quantitative estimate of drug-likeness (QED) is 0.324. The van der Waals surface area contributed by atoms with Crippen molar-refractivity contribution in [1.29, 1.82) is 0 Å². The van der Waals surface area contributed by atoms with Crippen molar-refractivity contribution in [3.63, 3.8) is 0 Å². The molecule has 0 spiro atoms. The molecule has 5 rings (SSSR count). The maximum Gasteiger partial charge on any atom is 0.344 e. The van der Waals surface area contributed by atoms with E-state index in [0.717, 1.165) is 46.1 Å². The van der Waals surface area contributed by atoms with Crippen molar-refractivity contribution in [1.82, 2.24) is 5.01 Å². The van der Waals surface area contributed by atoms with Gasteiger partial charge >= 0.3 is 5.97 Å². The second-order valence-corrected chi connectivity index (χ2v) is 9.98. The number of carbonyl (C=O) groups is 2. The number of rotatable bonds is 7. The van der Waals surface area contributed by atoms with E-state index in [0.29, 0.717) is 5.75 Å². The minimum absolute atomic E-state index is 0.0894. The summed E-state index contributed by atoms with van der Waals surface area (Å²) in [5, 5.41) is 6.35. The summed E-state index contributed by atoms with van der Waals surface area (Å²) in [7, 11) is 0. The first kappa shape index (κ1) is 25.0. The Balaban J connectivity index is 1.32. The fourth-order valence-electron chi connectivity index (χ4n) is 4.86. The van der Waals surface area contributed by atoms with E-state index in [1.54, 1.807) is 12.1 Å². The molecule has 0 bridgehead atoms. The van der Waals surface area contributed by atoms with E-state index in [4.69, 9.17) is 14.6 Å². The minimum atomic E-state index is -0.610. The van der Waals surface area contributed by atoms with Gasteiger partial charge in [-0.3, -0.25) is 4.79 Å². The van der Waals surface area contributed by atoms with E-state index in [1.807, 2.05) is 60.7 Å². The summed E-state index contributed by atoms with van der Waals surface area (Å²) in [6, 6.07) is 27.0. The third kappa shape index (κ3) is 6.00. The van der Waals surface area contributed by atoms with E-state index >= 15 is 0 Å². The van der Waals surface area contributed by atoms with Crippen LogP contribution in [0.5, 0.6) is 5.75 Å². The van der Waals surface area contributed by atoms with Crippen LogP contribution in [0.2, 0.25) is 0 Å². The number of fused-ring (bicyclic) bond motifs is 1. The van der Waals surface area contributed by atoms with Gasteiger partial charge in [0.1, 0.15) is 5.75 Å². The summed E-state index contributed by atoms with van der Waals surface area (Å²) in [4.78, 5) is 25.6. The van der Waals surface area contributed by atoms with Crippen molar-refractivity contribution in [3.05, 3.63) is 106 Å². The number of ether oxygens (including phenoxy) is 2. The van der Waals surface area contributed by atoms with Crippen molar-refractivity contribution < 1.29 is 19.1 Å². The molecule has 0 N–H and O–H groups in total. The number of esters is 1. The Kier molecular flexibility index (Phi) is 7.80. The fraction of sp³-hybridized carbons (Fsp3) is 0.233. The first-order valence-corrected chi connectivity index (χ1v) is 13.1. The molecule has 1 aliphatic carbocycles. The van der Waals surface area contributed by atoms with Crippen LogP contribution in [0.3, 0.4) is 0 Å². The Morgan fingerprint density at radius 1 is 0.946 bits per heavy atom. The van der Waals surface area contributed by atoms with Crippen LogP contribution in [-0.2, 0) is 14.3 Å². The monoisotopic (exact) mass is 558 g/mol. The van der Waals surface area contributed by atoms with E-state index in [9.17, 15) is 9.59 Å². The second-order valence-electron chi connectivity index (χ2n) is 9.06. The van der Waals surface area contributed by atoms with Gasteiger partial charge in [-0.15, -0.1) is 0 Å². The minimum Gasteiger partial charge on any atom is -0.482 e. The Bertz CT molecular complexity index is 1310. The van der Waals surface area contributed by atoms with Crippen molar-refractivity contribution in [3.8, 4) is 5.75 Å². The molecule has 1 fully saturated rings. The van der Waals surface area contributed by atoms with Crippen LogP contribution in [0.15, 0.2) is 100 Å². The van der Waals surface area contributed by atoms with Crippen LogP contribution >= 0.6 is 15.9 Å². The van der Waals surface area contributed by atoms with Crippen LogP contribution < -0.4 is 4.74 Å². The Morgan fingerprint density at radius 3 is 2.38 bits per heavy atom. The molecule has 3 aromatic rings. The third-order valence-electron chi connectivity index (χ3n) is 6.57. The van der Waals surface area contributed by atoms with Gasteiger partial charge in [-0.2, -0.15) is 5.10 Å². The largest absolute Gasteiger partial charge is 0.482 e. The number of carbonyl (C=O) groups excluding carboxylic acids is 2. The molecule has 0 aromatic heterocycles. The predicted molar refractivity (Wildman–Crippen MR) is 146 cm³/mol. The molecule has 6 nitrogen and oxygen atoms in total. The lowest BCUT2D eigenvalue weighted by atomic mass is 9.77. The molecule has 2 unspecified atom stereocenters. The Labute approximate surface area is 224 Å². The number of amides is 1. The normalized spacial score (nSPS) is 19.8. The van der Waals surface area contributed by atoms with Crippen molar-refractivity contribution in [2.24, 2.45) is 11.0 Å². The van der Waals surface area contributed by atoms with Crippen molar-refractivity contribution in [2.45, 2.75) is 25.3 Å². The van der Waals surface area contributed by atoms with Gasteiger partial charge in [0.25, 0.3) is 5.91 Å². The number of hydrogen-bond donors (Lipinski definition) is 0. The zero-order valence-corrected chi connectivity index (χ0v) is 21.8. The zero-order chi connectivity index (χ0) is 25.6.